The van der Waals surface area contributed by atoms with Crippen LogP contribution in [0.25, 0.3) is 0 Å². The van der Waals surface area contributed by atoms with Gasteiger partial charge in [-0.15, -0.1) is 0 Å². The summed E-state index contributed by atoms with van der Waals surface area (Å²) in [5.41, 5.74) is 2.14. The van der Waals surface area contributed by atoms with Crippen LogP contribution in [0.3, 0.4) is 0 Å². The maximum atomic E-state index is 13.4. The van der Waals surface area contributed by atoms with E-state index >= 15 is 0 Å². The van der Waals surface area contributed by atoms with Crippen molar-refractivity contribution in [2.75, 3.05) is 20.3 Å². The van der Waals surface area contributed by atoms with E-state index in [0.29, 0.717) is 23.7 Å². The molecule has 0 aliphatic carbocycles. The molecule has 0 saturated carbocycles. The van der Waals surface area contributed by atoms with Crippen molar-refractivity contribution in [2.45, 2.75) is 18.0 Å². The van der Waals surface area contributed by atoms with Crippen molar-refractivity contribution < 1.29 is 17.9 Å². The molecule has 1 amide bonds. The number of benzene rings is 3. The van der Waals surface area contributed by atoms with Gasteiger partial charge in [-0.25, -0.2) is 8.42 Å². The number of carbonyl (C=O) groups excluding carboxylic acids is 1. The van der Waals surface area contributed by atoms with E-state index in [1.165, 1.54) is 16.4 Å². The predicted molar refractivity (Wildman–Crippen MR) is 125 cm³/mol. The molecule has 0 unspecified atom stereocenters. The summed E-state index contributed by atoms with van der Waals surface area (Å²) >= 11 is 5.93. The van der Waals surface area contributed by atoms with Crippen LogP contribution in [0.4, 0.5) is 0 Å². The van der Waals surface area contributed by atoms with Gasteiger partial charge >= 0.3 is 0 Å². The van der Waals surface area contributed by atoms with Gasteiger partial charge in [0, 0.05) is 37.3 Å². The summed E-state index contributed by atoms with van der Waals surface area (Å²) in [6.07, 6.45) is 0. The highest BCUT2D eigenvalue weighted by Crippen LogP contribution is 2.23. The Morgan fingerprint density at radius 1 is 0.906 bits per heavy atom. The van der Waals surface area contributed by atoms with Crippen LogP contribution in [0, 0.1) is 0 Å². The minimum absolute atomic E-state index is 0.158. The van der Waals surface area contributed by atoms with Crippen molar-refractivity contribution in [1.29, 1.82) is 0 Å². The Bertz CT molecular complexity index is 1120. The molecule has 3 aromatic rings. The Hall–Kier alpha value is -2.71. The Balaban J connectivity index is 1.82. The van der Waals surface area contributed by atoms with E-state index < -0.39 is 10.0 Å². The number of nitrogens with one attached hydrogen (secondary N) is 1. The van der Waals surface area contributed by atoms with E-state index in [2.05, 4.69) is 5.32 Å². The van der Waals surface area contributed by atoms with Crippen LogP contribution in [0.15, 0.2) is 83.8 Å². The molecule has 3 rings (SSSR count). The van der Waals surface area contributed by atoms with Crippen molar-refractivity contribution in [3.63, 3.8) is 0 Å². The minimum Gasteiger partial charge on any atom is -0.383 e. The minimum atomic E-state index is -3.77. The molecule has 0 bridgehead atoms. The van der Waals surface area contributed by atoms with Gasteiger partial charge in [0.15, 0.2) is 0 Å². The van der Waals surface area contributed by atoms with Gasteiger partial charge in [0.2, 0.25) is 10.0 Å². The molecule has 3 aromatic carbocycles. The number of hydrogen-bond acceptors (Lipinski definition) is 4. The number of nitrogens with zero attached hydrogens (tertiary/aromatic N) is 1. The number of amides is 1. The molecule has 0 saturated heterocycles. The van der Waals surface area contributed by atoms with Crippen LogP contribution in [-0.2, 0) is 27.8 Å². The van der Waals surface area contributed by atoms with Gasteiger partial charge in [-0.1, -0.05) is 54.1 Å². The fourth-order valence-electron chi connectivity index (χ4n) is 3.10. The number of halogens is 1. The van der Waals surface area contributed by atoms with E-state index in [1.54, 1.807) is 43.5 Å². The van der Waals surface area contributed by atoms with Gasteiger partial charge in [-0.05, 0) is 47.5 Å². The summed E-state index contributed by atoms with van der Waals surface area (Å²) < 4.78 is 33.1. The number of rotatable bonds is 10. The predicted octanol–water partition coefficient (Wildman–Crippen LogP) is 4.11. The standard InChI is InChI=1S/C24H25ClN2O4S/c1-31-16-15-26-24(28)21-9-7-20(8-10-21)18-27(17-19-5-3-2-4-6-19)32(29,30)23-13-11-22(25)12-14-23/h2-14H,15-18H2,1H3,(H,26,28). The van der Waals surface area contributed by atoms with Gasteiger partial charge < -0.3 is 10.1 Å². The molecule has 0 radical (unpaired) electrons. The van der Waals surface area contributed by atoms with Crippen molar-refractivity contribution >= 4 is 27.5 Å². The van der Waals surface area contributed by atoms with Gasteiger partial charge in [-0.2, -0.15) is 4.31 Å². The van der Waals surface area contributed by atoms with Crippen molar-refractivity contribution in [2.24, 2.45) is 0 Å². The lowest BCUT2D eigenvalue weighted by atomic mass is 10.1. The molecule has 0 aliphatic heterocycles. The highest BCUT2D eigenvalue weighted by atomic mass is 35.5. The molecule has 0 spiro atoms. The topological polar surface area (TPSA) is 75.7 Å². The fourth-order valence-corrected chi connectivity index (χ4v) is 4.64. The zero-order valence-electron chi connectivity index (χ0n) is 17.7. The van der Waals surface area contributed by atoms with Gasteiger partial charge in [0.05, 0.1) is 11.5 Å². The average molecular weight is 473 g/mol. The van der Waals surface area contributed by atoms with Gasteiger partial charge in [0.1, 0.15) is 0 Å². The lowest BCUT2D eigenvalue weighted by Gasteiger charge is -2.23. The highest BCUT2D eigenvalue weighted by Gasteiger charge is 2.25. The number of carbonyl (C=O) groups is 1. The smallest absolute Gasteiger partial charge is 0.251 e. The highest BCUT2D eigenvalue weighted by molar-refractivity contribution is 7.89. The first kappa shape index (κ1) is 23.9. The zero-order valence-corrected chi connectivity index (χ0v) is 19.3. The summed E-state index contributed by atoms with van der Waals surface area (Å²) in [5.74, 6) is -0.205. The number of sulfonamides is 1. The lowest BCUT2D eigenvalue weighted by Crippen LogP contribution is -2.30. The van der Waals surface area contributed by atoms with Crippen molar-refractivity contribution in [1.82, 2.24) is 9.62 Å². The molecule has 0 aliphatic rings. The largest absolute Gasteiger partial charge is 0.383 e. The second kappa shape index (κ2) is 11.2. The van der Waals surface area contributed by atoms with Crippen LogP contribution < -0.4 is 5.32 Å². The second-order valence-corrected chi connectivity index (χ2v) is 9.53. The maximum Gasteiger partial charge on any atom is 0.251 e. The van der Waals surface area contributed by atoms with E-state index in [4.69, 9.17) is 16.3 Å². The third-order valence-electron chi connectivity index (χ3n) is 4.82. The SMILES string of the molecule is COCCNC(=O)c1ccc(CN(Cc2ccccc2)S(=O)(=O)c2ccc(Cl)cc2)cc1. The van der Waals surface area contributed by atoms with E-state index in [-0.39, 0.29) is 23.9 Å². The quantitative estimate of drug-likeness (QED) is 0.450. The normalized spacial score (nSPS) is 11.5. The Morgan fingerprint density at radius 3 is 2.09 bits per heavy atom. The lowest BCUT2D eigenvalue weighted by molar-refractivity contribution is 0.0937. The van der Waals surface area contributed by atoms with E-state index in [0.717, 1.165) is 11.1 Å². The molecular weight excluding hydrogens is 448 g/mol. The molecule has 0 heterocycles. The maximum absolute atomic E-state index is 13.4. The summed E-state index contributed by atoms with van der Waals surface area (Å²) in [6.45, 7) is 1.22. The first-order chi connectivity index (χ1) is 15.4. The summed E-state index contributed by atoms with van der Waals surface area (Å²) in [7, 11) is -2.20. The van der Waals surface area contributed by atoms with Crippen LogP contribution >= 0.6 is 11.6 Å². The Labute approximate surface area is 193 Å². The average Bonchev–Trinajstić information content (AvgIpc) is 2.80. The second-order valence-electron chi connectivity index (χ2n) is 7.16. The van der Waals surface area contributed by atoms with Gasteiger partial charge in [-0.3, -0.25) is 4.79 Å². The van der Waals surface area contributed by atoms with Crippen molar-refractivity contribution in [3.8, 4) is 0 Å². The molecule has 0 aromatic heterocycles. The molecule has 168 valence electrons. The van der Waals surface area contributed by atoms with E-state index in [9.17, 15) is 13.2 Å². The summed E-state index contributed by atoms with van der Waals surface area (Å²) in [4.78, 5) is 12.4. The van der Waals surface area contributed by atoms with Crippen LogP contribution in [0.1, 0.15) is 21.5 Å². The molecule has 0 fully saturated rings. The zero-order chi connectivity index (χ0) is 23.0. The van der Waals surface area contributed by atoms with Gasteiger partial charge in [0.25, 0.3) is 5.91 Å². The third-order valence-corrected chi connectivity index (χ3v) is 6.88. The molecule has 0 atom stereocenters. The van der Waals surface area contributed by atoms with Crippen molar-refractivity contribution in [3.05, 3.63) is 101 Å². The molecule has 1 N–H and O–H groups in total. The Kier molecular flexibility index (Phi) is 8.41. The number of ether oxygens (including phenoxy) is 1. The Morgan fingerprint density at radius 2 is 1.50 bits per heavy atom. The first-order valence-corrected chi connectivity index (χ1v) is 11.9. The molecule has 32 heavy (non-hydrogen) atoms. The number of methoxy groups -OCH3 is 1. The number of hydrogen-bond donors (Lipinski definition) is 1. The molecular formula is C24H25ClN2O4S. The summed E-state index contributed by atoms with van der Waals surface area (Å²) in [5, 5.41) is 3.23. The van der Waals surface area contributed by atoms with E-state index in [1.807, 2.05) is 30.3 Å². The molecule has 6 nitrogen and oxygen atoms in total. The van der Waals surface area contributed by atoms with Crippen LogP contribution in [-0.4, -0.2) is 38.9 Å². The van der Waals surface area contributed by atoms with Crippen LogP contribution in [0.5, 0.6) is 0 Å². The molecule has 8 heteroatoms. The summed E-state index contributed by atoms with van der Waals surface area (Å²) in [6, 6.07) is 22.4. The third kappa shape index (κ3) is 6.40. The monoisotopic (exact) mass is 472 g/mol. The fraction of sp³-hybridized carbons (Fsp3) is 0.208. The first-order valence-electron chi connectivity index (χ1n) is 10.1. The van der Waals surface area contributed by atoms with Crippen LogP contribution in [0.2, 0.25) is 5.02 Å².